The molecule has 2 atom stereocenters. The van der Waals surface area contributed by atoms with Gasteiger partial charge in [0.25, 0.3) is 0 Å². The van der Waals surface area contributed by atoms with E-state index >= 15 is 0 Å². The Labute approximate surface area is 95.6 Å². The molecule has 0 saturated carbocycles. The summed E-state index contributed by atoms with van der Waals surface area (Å²) in [5.41, 5.74) is 7.20. The lowest BCUT2D eigenvalue weighted by molar-refractivity contribution is 0.480. The van der Waals surface area contributed by atoms with E-state index in [9.17, 15) is 0 Å². The Hall–Kier alpha value is -0.670. The minimum Gasteiger partial charge on any atom is -0.377 e. The number of para-hydroxylation sites is 1. The van der Waals surface area contributed by atoms with Gasteiger partial charge in [-0.2, -0.15) is 11.8 Å². The van der Waals surface area contributed by atoms with Crippen LogP contribution in [0.5, 0.6) is 0 Å². The molecule has 82 valence electrons. The van der Waals surface area contributed by atoms with Crippen molar-refractivity contribution in [3.63, 3.8) is 0 Å². The maximum atomic E-state index is 5.93. The molecule has 1 aliphatic rings. The van der Waals surface area contributed by atoms with Crippen LogP contribution in [0.25, 0.3) is 0 Å². The van der Waals surface area contributed by atoms with Crippen molar-refractivity contribution in [2.24, 2.45) is 5.73 Å². The summed E-state index contributed by atoms with van der Waals surface area (Å²) in [6.07, 6.45) is 1.16. The van der Waals surface area contributed by atoms with Gasteiger partial charge in [0.15, 0.2) is 0 Å². The number of hydrogen-bond acceptors (Lipinski definition) is 3. The minimum atomic E-state index is 0.0893. The molecule has 1 aliphatic heterocycles. The Morgan fingerprint density at radius 3 is 2.73 bits per heavy atom. The summed E-state index contributed by atoms with van der Waals surface area (Å²) in [6, 6.07) is 10.4. The van der Waals surface area contributed by atoms with E-state index in [0.29, 0.717) is 11.8 Å². The van der Waals surface area contributed by atoms with Gasteiger partial charge in [-0.1, -0.05) is 25.1 Å². The first kappa shape index (κ1) is 10.8. The molecule has 3 N–H and O–H groups in total. The van der Waals surface area contributed by atoms with Gasteiger partial charge in [-0.05, 0) is 24.3 Å². The molecular formula is C12H18N2S. The highest BCUT2D eigenvalue weighted by Gasteiger charge is 2.39. The molecule has 3 heteroatoms. The molecule has 1 saturated heterocycles. The second-order valence-electron chi connectivity index (χ2n) is 4.11. The zero-order chi connectivity index (χ0) is 10.7. The lowest BCUT2D eigenvalue weighted by atomic mass is 9.92. The van der Waals surface area contributed by atoms with Crippen molar-refractivity contribution in [2.75, 3.05) is 17.6 Å². The van der Waals surface area contributed by atoms with Gasteiger partial charge in [-0.15, -0.1) is 0 Å². The molecule has 0 radical (unpaired) electrons. The molecule has 0 spiro atoms. The Balaban J connectivity index is 2.15. The number of nitrogens with two attached hydrogens (primary N) is 1. The highest BCUT2D eigenvalue weighted by molar-refractivity contribution is 8.00. The lowest BCUT2D eigenvalue weighted by Gasteiger charge is -2.34. The van der Waals surface area contributed by atoms with E-state index in [4.69, 9.17) is 5.73 Å². The summed E-state index contributed by atoms with van der Waals surface area (Å²) in [7, 11) is 0. The van der Waals surface area contributed by atoms with Crippen molar-refractivity contribution in [1.82, 2.24) is 0 Å². The van der Waals surface area contributed by atoms with Crippen molar-refractivity contribution in [3.05, 3.63) is 30.3 Å². The van der Waals surface area contributed by atoms with Crippen LogP contribution in [0.15, 0.2) is 30.3 Å². The van der Waals surface area contributed by atoms with Crippen LogP contribution in [0, 0.1) is 0 Å². The summed E-state index contributed by atoms with van der Waals surface area (Å²) < 4.78 is 0. The predicted octanol–water partition coefficient (Wildman–Crippen LogP) is 2.32. The molecule has 2 nitrogen and oxygen atoms in total. The Bertz CT molecular complexity index is 315. The molecule has 1 aromatic rings. The molecule has 0 amide bonds. The summed E-state index contributed by atoms with van der Waals surface area (Å²) >= 11 is 2.01. The maximum Gasteiger partial charge on any atom is 0.0619 e. The van der Waals surface area contributed by atoms with Crippen molar-refractivity contribution >= 4 is 17.4 Å². The van der Waals surface area contributed by atoms with E-state index in [2.05, 4.69) is 36.5 Å². The smallest absolute Gasteiger partial charge is 0.0619 e. The van der Waals surface area contributed by atoms with Gasteiger partial charge in [-0.25, -0.2) is 0 Å². The van der Waals surface area contributed by atoms with E-state index in [0.717, 1.165) is 6.42 Å². The largest absolute Gasteiger partial charge is 0.377 e. The van der Waals surface area contributed by atoms with Crippen molar-refractivity contribution < 1.29 is 0 Å². The van der Waals surface area contributed by atoms with Gasteiger partial charge >= 0.3 is 0 Å². The van der Waals surface area contributed by atoms with Crippen LogP contribution in [-0.4, -0.2) is 23.1 Å². The van der Waals surface area contributed by atoms with Crippen LogP contribution in [0.2, 0.25) is 0 Å². The van der Waals surface area contributed by atoms with Crippen molar-refractivity contribution in [1.29, 1.82) is 0 Å². The number of benzene rings is 1. The average Bonchev–Trinajstić information content (AvgIpc) is 2.62. The number of hydrogen-bond donors (Lipinski definition) is 2. The van der Waals surface area contributed by atoms with E-state index < -0.39 is 0 Å². The Kier molecular flexibility index (Phi) is 3.22. The zero-order valence-corrected chi connectivity index (χ0v) is 9.89. The molecular weight excluding hydrogens is 204 g/mol. The first-order valence-corrected chi connectivity index (χ1v) is 6.47. The summed E-state index contributed by atoms with van der Waals surface area (Å²) in [6.45, 7) is 2.97. The average molecular weight is 222 g/mol. The van der Waals surface area contributed by atoms with E-state index in [1.165, 1.54) is 11.4 Å². The minimum absolute atomic E-state index is 0.0893. The third kappa shape index (κ3) is 2.13. The van der Waals surface area contributed by atoms with Gasteiger partial charge in [0, 0.05) is 17.5 Å². The van der Waals surface area contributed by atoms with Crippen molar-refractivity contribution in [3.8, 4) is 0 Å². The van der Waals surface area contributed by atoms with Crippen LogP contribution >= 0.6 is 11.8 Å². The fourth-order valence-corrected chi connectivity index (χ4v) is 3.50. The SMILES string of the molecule is CC1SCCC1(CN)Nc1ccccc1. The monoisotopic (exact) mass is 222 g/mol. The number of anilines is 1. The highest BCUT2D eigenvalue weighted by Crippen LogP contribution is 2.37. The molecule has 1 fully saturated rings. The summed E-state index contributed by atoms with van der Waals surface area (Å²) in [5.74, 6) is 1.21. The van der Waals surface area contributed by atoms with E-state index in [-0.39, 0.29) is 5.54 Å². The fraction of sp³-hybridized carbons (Fsp3) is 0.500. The lowest BCUT2D eigenvalue weighted by Crippen LogP contribution is -2.49. The highest BCUT2D eigenvalue weighted by atomic mass is 32.2. The first-order chi connectivity index (χ1) is 7.27. The Morgan fingerprint density at radius 1 is 1.47 bits per heavy atom. The third-order valence-electron chi connectivity index (χ3n) is 3.23. The normalized spacial score (nSPS) is 30.4. The van der Waals surface area contributed by atoms with Crippen LogP contribution in [0.4, 0.5) is 5.69 Å². The van der Waals surface area contributed by atoms with E-state index in [1.54, 1.807) is 0 Å². The number of rotatable bonds is 3. The quantitative estimate of drug-likeness (QED) is 0.824. The molecule has 2 rings (SSSR count). The second-order valence-corrected chi connectivity index (χ2v) is 5.56. The molecule has 15 heavy (non-hydrogen) atoms. The summed E-state index contributed by atoms with van der Waals surface area (Å²) in [5, 5.41) is 4.19. The second kappa shape index (κ2) is 4.45. The first-order valence-electron chi connectivity index (χ1n) is 5.42. The maximum absolute atomic E-state index is 5.93. The van der Waals surface area contributed by atoms with Crippen LogP contribution in [-0.2, 0) is 0 Å². The van der Waals surface area contributed by atoms with Gasteiger partial charge in [0.05, 0.1) is 5.54 Å². The molecule has 1 aromatic carbocycles. The molecule has 0 aliphatic carbocycles. The molecule has 0 bridgehead atoms. The fourth-order valence-electron chi connectivity index (χ4n) is 2.07. The molecule has 2 unspecified atom stereocenters. The molecule has 1 heterocycles. The summed E-state index contributed by atoms with van der Waals surface area (Å²) in [4.78, 5) is 0. The van der Waals surface area contributed by atoms with E-state index in [1.807, 2.05) is 17.8 Å². The zero-order valence-electron chi connectivity index (χ0n) is 9.07. The number of nitrogens with one attached hydrogen (secondary N) is 1. The van der Waals surface area contributed by atoms with Crippen molar-refractivity contribution in [2.45, 2.75) is 24.1 Å². The van der Waals surface area contributed by atoms with Gasteiger partial charge < -0.3 is 11.1 Å². The Morgan fingerprint density at radius 2 is 2.20 bits per heavy atom. The van der Waals surface area contributed by atoms with Crippen LogP contribution in [0.3, 0.4) is 0 Å². The van der Waals surface area contributed by atoms with Gasteiger partial charge in [0.2, 0.25) is 0 Å². The topological polar surface area (TPSA) is 38.0 Å². The van der Waals surface area contributed by atoms with Gasteiger partial charge in [0.1, 0.15) is 0 Å². The molecule has 0 aromatic heterocycles. The van der Waals surface area contributed by atoms with Crippen LogP contribution < -0.4 is 11.1 Å². The third-order valence-corrected chi connectivity index (χ3v) is 4.62. The predicted molar refractivity (Wildman–Crippen MR) is 68.4 cm³/mol. The van der Waals surface area contributed by atoms with Crippen LogP contribution in [0.1, 0.15) is 13.3 Å². The van der Waals surface area contributed by atoms with Gasteiger partial charge in [-0.3, -0.25) is 0 Å². The number of thioether (sulfide) groups is 1. The standard InChI is InChI=1S/C12H18N2S/c1-10-12(9-13,7-8-15-10)14-11-5-3-2-4-6-11/h2-6,10,14H,7-9,13H2,1H3.